The van der Waals surface area contributed by atoms with Crippen LogP contribution >= 0.6 is 19.4 Å². The van der Waals surface area contributed by atoms with E-state index in [-0.39, 0.29) is 15.3 Å². The van der Waals surface area contributed by atoms with Crippen molar-refractivity contribution in [1.82, 2.24) is 9.55 Å². The van der Waals surface area contributed by atoms with Crippen molar-refractivity contribution in [2.45, 2.75) is 37.5 Å². The standard InChI is InChI=1S/C17H17ClFN2O10P/c18-10-1-2-11-8(3-10)6-28-32(27,31-11)29-7-17(19)13(24)12(23)15(30-17)21-4-9(5-22)14(25)20-16(21)26/h1-4,12-13,15,22-24H,5-7H2,(H,20,25,26)/t12-,13+,15-,17-,32?/m1/s1/i7D2,15D. The Kier molecular flexibility index (Phi) is 5.06. The summed E-state index contributed by atoms with van der Waals surface area (Å²) in [5, 5.41) is 30.2. The predicted octanol–water partition coefficient (Wildman–Crippen LogP) is 0.333. The van der Waals surface area contributed by atoms with Crippen molar-refractivity contribution < 1.29 is 46.7 Å². The van der Waals surface area contributed by atoms with Gasteiger partial charge in [0.1, 0.15) is 24.5 Å². The highest BCUT2D eigenvalue weighted by Crippen LogP contribution is 2.56. The van der Waals surface area contributed by atoms with Crippen LogP contribution in [0.15, 0.2) is 34.0 Å². The molecule has 2 aliphatic heterocycles. The normalized spacial score (nSPS) is 36.0. The molecule has 4 N–H and O–H groups in total. The average molecular weight is 498 g/mol. The quantitative estimate of drug-likeness (QED) is 0.422. The van der Waals surface area contributed by atoms with Crippen molar-refractivity contribution in [3.63, 3.8) is 0 Å². The minimum Gasteiger partial charge on any atom is -0.404 e. The Morgan fingerprint density at radius 2 is 2.22 bits per heavy atom. The molecule has 0 bridgehead atoms. The Morgan fingerprint density at radius 1 is 1.47 bits per heavy atom. The fraction of sp³-hybridized carbons (Fsp3) is 0.412. The van der Waals surface area contributed by atoms with Crippen molar-refractivity contribution in [3.8, 4) is 5.75 Å². The van der Waals surface area contributed by atoms with Crippen LogP contribution in [-0.4, -0.2) is 49.5 Å². The van der Waals surface area contributed by atoms with Gasteiger partial charge in [0.2, 0.25) is 0 Å². The number of benzene rings is 1. The lowest BCUT2D eigenvalue weighted by Crippen LogP contribution is -2.43. The van der Waals surface area contributed by atoms with E-state index in [1.165, 1.54) is 18.2 Å². The summed E-state index contributed by atoms with van der Waals surface area (Å²) >= 11 is 5.84. The van der Waals surface area contributed by atoms with Gasteiger partial charge in [-0.15, -0.1) is 0 Å². The number of aromatic amines is 1. The Labute approximate surface area is 187 Å². The van der Waals surface area contributed by atoms with E-state index in [1.807, 2.05) is 0 Å². The molecule has 0 amide bonds. The number of H-pyrrole nitrogens is 1. The first-order valence-electron chi connectivity index (χ1n) is 10.3. The largest absolute Gasteiger partial charge is 0.530 e. The van der Waals surface area contributed by atoms with Crippen LogP contribution in [-0.2, 0) is 31.6 Å². The SMILES string of the molecule is [2H]C([2H])(OP1(=O)OCc2cc(Cl)ccc2O1)[C@@]1(F)O[C@@]([2H])(n2cc(CO)c(=O)[nH]c2=O)[C@H](O)[C@@H]1O. The summed E-state index contributed by atoms with van der Waals surface area (Å²) in [6, 6.07) is 4.04. The highest BCUT2D eigenvalue weighted by Gasteiger charge is 2.57. The van der Waals surface area contributed by atoms with Gasteiger partial charge in [-0.25, -0.2) is 13.8 Å². The number of rotatable bonds is 5. The second kappa shape index (κ2) is 8.36. The number of hydrogen-bond donors (Lipinski definition) is 4. The van der Waals surface area contributed by atoms with Gasteiger partial charge in [-0.2, -0.15) is 0 Å². The van der Waals surface area contributed by atoms with Gasteiger partial charge in [0, 0.05) is 16.8 Å². The van der Waals surface area contributed by atoms with Crippen LogP contribution in [0.1, 0.15) is 21.4 Å². The van der Waals surface area contributed by atoms with Crippen LogP contribution in [0.5, 0.6) is 5.75 Å². The summed E-state index contributed by atoms with van der Waals surface area (Å²) in [5.74, 6) is -4.21. The molecule has 0 radical (unpaired) electrons. The number of fused-ring (bicyclic) bond motifs is 1. The zero-order valence-electron chi connectivity index (χ0n) is 18.7. The molecule has 32 heavy (non-hydrogen) atoms. The van der Waals surface area contributed by atoms with Crippen LogP contribution in [0.4, 0.5) is 4.39 Å². The number of phosphoric ester groups is 1. The van der Waals surface area contributed by atoms with Gasteiger partial charge in [0.25, 0.3) is 11.4 Å². The molecular weight excluding hydrogens is 478 g/mol. The lowest BCUT2D eigenvalue weighted by Gasteiger charge is -2.28. The van der Waals surface area contributed by atoms with Crippen LogP contribution in [0, 0.1) is 0 Å². The fourth-order valence-electron chi connectivity index (χ4n) is 2.88. The van der Waals surface area contributed by atoms with E-state index in [0.717, 1.165) is 0 Å². The summed E-state index contributed by atoms with van der Waals surface area (Å²) in [6.45, 7) is -5.28. The number of phosphoric acid groups is 1. The monoisotopic (exact) mass is 497 g/mol. The van der Waals surface area contributed by atoms with Gasteiger partial charge in [0.05, 0.1) is 22.9 Å². The molecule has 1 fully saturated rings. The van der Waals surface area contributed by atoms with Gasteiger partial charge in [-0.05, 0) is 18.2 Å². The van der Waals surface area contributed by atoms with Crippen LogP contribution < -0.4 is 15.8 Å². The van der Waals surface area contributed by atoms with E-state index < -0.39 is 68.7 Å². The van der Waals surface area contributed by atoms with Gasteiger partial charge >= 0.3 is 13.5 Å². The number of halogens is 2. The van der Waals surface area contributed by atoms with E-state index in [0.29, 0.717) is 11.8 Å². The summed E-state index contributed by atoms with van der Waals surface area (Å²) in [5.41, 5.74) is -2.65. The van der Waals surface area contributed by atoms with Gasteiger partial charge in [0.15, 0.2) is 6.20 Å². The van der Waals surface area contributed by atoms with Crippen LogP contribution in [0.2, 0.25) is 5.02 Å². The van der Waals surface area contributed by atoms with Crippen LogP contribution in [0.25, 0.3) is 0 Å². The lowest BCUT2D eigenvalue weighted by molar-refractivity contribution is -0.205. The summed E-state index contributed by atoms with van der Waals surface area (Å²) < 4.78 is 72.5. The Morgan fingerprint density at radius 3 is 2.94 bits per heavy atom. The van der Waals surface area contributed by atoms with E-state index in [9.17, 15) is 29.5 Å². The highest BCUT2D eigenvalue weighted by molar-refractivity contribution is 7.49. The molecule has 15 heteroatoms. The third-order valence-electron chi connectivity index (χ3n) is 4.52. The van der Waals surface area contributed by atoms with Gasteiger partial charge in [-0.1, -0.05) is 11.6 Å². The first-order chi connectivity index (χ1) is 16.2. The van der Waals surface area contributed by atoms with Crippen molar-refractivity contribution >= 4 is 19.4 Å². The molecular formula is C17H17ClFN2O10P. The maximum atomic E-state index is 15.8. The number of ether oxygens (including phenoxy) is 1. The zero-order valence-corrected chi connectivity index (χ0v) is 17.4. The van der Waals surface area contributed by atoms with Crippen molar-refractivity contribution in [2.24, 2.45) is 0 Å². The van der Waals surface area contributed by atoms with Crippen molar-refractivity contribution in [3.05, 3.63) is 61.4 Å². The maximum absolute atomic E-state index is 15.8. The third-order valence-corrected chi connectivity index (χ3v) is 5.93. The Balaban J connectivity index is 1.68. The summed E-state index contributed by atoms with van der Waals surface area (Å²) in [7, 11) is -4.91. The molecule has 5 atom stereocenters. The number of nitrogens with one attached hydrogen (secondary N) is 1. The molecule has 174 valence electrons. The second-order valence-corrected chi connectivity index (χ2v) is 8.63. The van der Waals surface area contributed by atoms with Gasteiger partial charge in [-0.3, -0.25) is 23.4 Å². The Hall–Kier alpha value is -2.09. The molecule has 0 aliphatic carbocycles. The predicted molar refractivity (Wildman–Crippen MR) is 104 cm³/mol. The molecule has 1 aromatic carbocycles. The lowest BCUT2D eigenvalue weighted by atomic mass is 10.1. The van der Waals surface area contributed by atoms with Crippen molar-refractivity contribution in [2.75, 3.05) is 6.56 Å². The first kappa shape index (κ1) is 19.4. The molecule has 2 aliphatic rings. The van der Waals surface area contributed by atoms with Crippen molar-refractivity contribution in [1.29, 1.82) is 0 Å². The minimum absolute atomic E-state index is 0.0771. The smallest absolute Gasteiger partial charge is 0.404 e. The molecule has 3 heterocycles. The number of alkyl halides is 1. The minimum atomic E-state index is -4.91. The average Bonchev–Trinajstić information content (AvgIpc) is 2.95. The highest BCUT2D eigenvalue weighted by atomic mass is 35.5. The first-order valence-corrected chi connectivity index (χ1v) is 10.6. The molecule has 0 saturated carbocycles. The van der Waals surface area contributed by atoms with Crippen LogP contribution in [0.3, 0.4) is 0 Å². The topological polar surface area (TPSA) is 170 Å². The number of aromatic nitrogens is 2. The van der Waals surface area contributed by atoms with Gasteiger partial charge < -0.3 is 24.6 Å². The van der Waals surface area contributed by atoms with E-state index in [1.54, 1.807) is 4.98 Å². The van der Waals surface area contributed by atoms with E-state index >= 15 is 4.39 Å². The third kappa shape index (κ3) is 4.14. The molecule has 1 unspecified atom stereocenters. The molecule has 12 nitrogen and oxygen atoms in total. The molecule has 0 spiro atoms. The maximum Gasteiger partial charge on any atom is 0.530 e. The molecule has 1 saturated heterocycles. The fourth-order valence-corrected chi connectivity index (χ4v) is 4.17. The zero-order chi connectivity index (χ0) is 26.0. The van der Waals surface area contributed by atoms with E-state index in [2.05, 4.69) is 4.52 Å². The number of nitrogens with zero attached hydrogens (tertiary/aromatic N) is 1. The number of hydrogen-bond acceptors (Lipinski definition) is 10. The molecule has 1 aromatic heterocycles. The Bertz CT molecular complexity index is 1340. The number of aliphatic hydroxyl groups is 3. The van der Waals surface area contributed by atoms with E-state index in [4.69, 9.17) is 29.5 Å². The molecule has 4 rings (SSSR count). The molecule has 2 aromatic rings. The summed E-state index contributed by atoms with van der Waals surface area (Å²) in [6.07, 6.45) is -8.27. The number of aliphatic hydroxyl groups excluding tert-OH is 3. The summed E-state index contributed by atoms with van der Waals surface area (Å²) in [4.78, 5) is 25.6. The second-order valence-electron chi connectivity index (χ2n) is 6.67.